The molecular formula is C29H39NO4. The summed E-state index contributed by atoms with van der Waals surface area (Å²) in [5.74, 6) is 0.524. The minimum atomic E-state index is -0.825. The number of hydrogen-bond acceptors (Lipinski definition) is 4. The SMILES string of the molecule is CCCCOCCOc1ccc(-c2ccc3c(c2)/C=C(/C(=O)O)CCCCN3CC(C)C)cc1. The van der Waals surface area contributed by atoms with Crippen molar-refractivity contribution in [3.8, 4) is 16.9 Å². The maximum Gasteiger partial charge on any atom is 0.331 e. The molecule has 2 aromatic rings. The van der Waals surface area contributed by atoms with Crippen LogP contribution in [-0.4, -0.2) is 44.0 Å². The van der Waals surface area contributed by atoms with Gasteiger partial charge < -0.3 is 19.5 Å². The third-order valence-electron chi connectivity index (χ3n) is 6.01. The van der Waals surface area contributed by atoms with Crippen LogP contribution in [0, 0.1) is 5.92 Å². The van der Waals surface area contributed by atoms with Gasteiger partial charge in [-0.3, -0.25) is 0 Å². The highest BCUT2D eigenvalue weighted by Gasteiger charge is 2.17. The molecule has 0 amide bonds. The van der Waals surface area contributed by atoms with E-state index in [1.54, 1.807) is 0 Å². The smallest absolute Gasteiger partial charge is 0.331 e. The number of hydrogen-bond donors (Lipinski definition) is 1. The van der Waals surface area contributed by atoms with Crippen LogP contribution in [0.1, 0.15) is 58.4 Å². The van der Waals surface area contributed by atoms with Crippen molar-refractivity contribution in [3.63, 3.8) is 0 Å². The van der Waals surface area contributed by atoms with Crippen molar-refractivity contribution < 1.29 is 19.4 Å². The van der Waals surface area contributed by atoms with E-state index in [4.69, 9.17) is 9.47 Å². The lowest BCUT2D eigenvalue weighted by Crippen LogP contribution is -2.29. The molecule has 5 nitrogen and oxygen atoms in total. The normalized spacial score (nSPS) is 15.6. The molecule has 1 aliphatic heterocycles. The fourth-order valence-electron chi connectivity index (χ4n) is 4.25. The van der Waals surface area contributed by atoms with Crippen molar-refractivity contribution in [1.82, 2.24) is 0 Å². The Labute approximate surface area is 204 Å². The van der Waals surface area contributed by atoms with E-state index >= 15 is 0 Å². The number of unbranched alkanes of at least 4 members (excludes halogenated alkanes) is 1. The summed E-state index contributed by atoms with van der Waals surface area (Å²) in [6, 6.07) is 14.5. The first-order valence-corrected chi connectivity index (χ1v) is 12.6. The van der Waals surface area contributed by atoms with Crippen LogP contribution in [0.15, 0.2) is 48.0 Å². The average molecular weight is 466 g/mol. The van der Waals surface area contributed by atoms with E-state index < -0.39 is 5.97 Å². The van der Waals surface area contributed by atoms with Crippen LogP contribution >= 0.6 is 0 Å². The molecule has 0 saturated heterocycles. The molecule has 0 aliphatic carbocycles. The Balaban J connectivity index is 1.80. The summed E-state index contributed by atoms with van der Waals surface area (Å²) in [6.45, 7) is 10.4. The van der Waals surface area contributed by atoms with Crippen molar-refractivity contribution in [2.75, 3.05) is 37.8 Å². The summed E-state index contributed by atoms with van der Waals surface area (Å²) in [7, 11) is 0. The molecule has 184 valence electrons. The number of nitrogens with zero attached hydrogens (tertiary/aromatic N) is 1. The second kappa shape index (κ2) is 13.2. The fourth-order valence-corrected chi connectivity index (χ4v) is 4.25. The molecule has 0 aromatic heterocycles. The number of ether oxygens (including phenoxy) is 2. The van der Waals surface area contributed by atoms with Gasteiger partial charge in [0.25, 0.3) is 0 Å². The monoisotopic (exact) mass is 465 g/mol. The highest BCUT2D eigenvalue weighted by atomic mass is 16.5. The molecule has 1 aliphatic rings. The highest BCUT2D eigenvalue weighted by Crippen LogP contribution is 2.32. The number of carboxylic acids is 1. The van der Waals surface area contributed by atoms with Gasteiger partial charge in [-0.1, -0.05) is 45.4 Å². The summed E-state index contributed by atoms with van der Waals surface area (Å²) in [5, 5.41) is 9.73. The number of aliphatic carboxylic acids is 1. The molecule has 0 atom stereocenters. The topological polar surface area (TPSA) is 59.0 Å². The first-order chi connectivity index (χ1) is 16.5. The van der Waals surface area contributed by atoms with Crippen LogP contribution < -0.4 is 9.64 Å². The first kappa shape index (κ1) is 25.8. The largest absolute Gasteiger partial charge is 0.491 e. The second-order valence-corrected chi connectivity index (χ2v) is 9.38. The van der Waals surface area contributed by atoms with Gasteiger partial charge in [-0.05, 0) is 78.6 Å². The molecule has 1 N–H and O–H groups in total. The van der Waals surface area contributed by atoms with Crippen LogP contribution in [0.3, 0.4) is 0 Å². The van der Waals surface area contributed by atoms with E-state index in [1.165, 1.54) is 0 Å². The standard InChI is InChI=1S/C29H39NO4/c1-4-5-16-33-17-18-34-27-12-9-23(10-13-27)24-11-14-28-26(19-24)20-25(29(31)32)8-6-7-15-30(28)21-22(2)3/h9-14,19-20,22H,4-8,15-18,21H2,1-3H3,(H,31,32)/b25-20+. The summed E-state index contributed by atoms with van der Waals surface area (Å²) in [4.78, 5) is 14.3. The second-order valence-electron chi connectivity index (χ2n) is 9.38. The third-order valence-corrected chi connectivity index (χ3v) is 6.01. The van der Waals surface area contributed by atoms with Gasteiger partial charge in [0.1, 0.15) is 12.4 Å². The zero-order valence-electron chi connectivity index (χ0n) is 20.9. The van der Waals surface area contributed by atoms with E-state index in [-0.39, 0.29) is 0 Å². The van der Waals surface area contributed by atoms with Crippen molar-refractivity contribution >= 4 is 17.7 Å². The quantitative estimate of drug-likeness (QED) is 0.376. The van der Waals surface area contributed by atoms with E-state index in [2.05, 4.69) is 56.0 Å². The lowest BCUT2D eigenvalue weighted by molar-refractivity contribution is -0.132. The Morgan fingerprint density at radius 1 is 1.03 bits per heavy atom. The van der Waals surface area contributed by atoms with Gasteiger partial charge in [-0.25, -0.2) is 4.79 Å². The van der Waals surface area contributed by atoms with Gasteiger partial charge in [-0.15, -0.1) is 0 Å². The Morgan fingerprint density at radius 2 is 1.79 bits per heavy atom. The zero-order chi connectivity index (χ0) is 24.3. The molecule has 3 rings (SSSR count). The molecule has 0 radical (unpaired) electrons. The first-order valence-electron chi connectivity index (χ1n) is 12.6. The predicted octanol–water partition coefficient (Wildman–Crippen LogP) is 6.66. The Morgan fingerprint density at radius 3 is 2.50 bits per heavy atom. The summed E-state index contributed by atoms with van der Waals surface area (Å²) < 4.78 is 11.3. The van der Waals surface area contributed by atoms with Gasteiger partial charge in [0, 0.05) is 31.0 Å². The van der Waals surface area contributed by atoms with Crippen molar-refractivity contribution in [2.24, 2.45) is 5.92 Å². The van der Waals surface area contributed by atoms with E-state index in [1.807, 2.05) is 18.2 Å². The highest BCUT2D eigenvalue weighted by molar-refractivity contribution is 5.94. The minimum absolute atomic E-state index is 0.481. The van der Waals surface area contributed by atoms with Crippen LogP contribution in [0.5, 0.6) is 5.75 Å². The number of carboxylic acid groups (broad SMARTS) is 1. The molecule has 0 unspecified atom stereocenters. The van der Waals surface area contributed by atoms with Crippen molar-refractivity contribution in [3.05, 3.63) is 53.6 Å². The van der Waals surface area contributed by atoms with Crippen molar-refractivity contribution in [2.45, 2.75) is 52.9 Å². The number of benzene rings is 2. The molecule has 0 bridgehead atoms. The van der Waals surface area contributed by atoms with Gasteiger partial charge in [0.15, 0.2) is 0 Å². The molecule has 0 spiro atoms. The molecular weight excluding hydrogens is 426 g/mol. The fraction of sp³-hybridized carbons (Fsp3) is 0.483. The van der Waals surface area contributed by atoms with E-state index in [0.717, 1.165) is 73.5 Å². The maximum atomic E-state index is 11.8. The Kier molecular flexibility index (Phi) is 10.0. The van der Waals surface area contributed by atoms with Gasteiger partial charge in [0.05, 0.1) is 6.61 Å². The summed E-state index contributed by atoms with van der Waals surface area (Å²) in [6.07, 6.45) is 6.56. The summed E-state index contributed by atoms with van der Waals surface area (Å²) >= 11 is 0. The number of anilines is 1. The lowest BCUT2D eigenvalue weighted by atomic mass is 9.99. The van der Waals surface area contributed by atoms with E-state index in [0.29, 0.717) is 31.1 Å². The van der Waals surface area contributed by atoms with Crippen LogP contribution in [0.4, 0.5) is 5.69 Å². The van der Waals surface area contributed by atoms with Crippen LogP contribution in [0.2, 0.25) is 0 Å². The van der Waals surface area contributed by atoms with Crippen LogP contribution in [0.25, 0.3) is 17.2 Å². The third kappa shape index (κ3) is 7.63. The number of rotatable bonds is 11. The lowest BCUT2D eigenvalue weighted by Gasteiger charge is -2.28. The predicted molar refractivity (Wildman–Crippen MR) is 140 cm³/mol. The van der Waals surface area contributed by atoms with Gasteiger partial charge in [-0.2, -0.15) is 0 Å². The molecule has 2 aromatic carbocycles. The molecule has 34 heavy (non-hydrogen) atoms. The van der Waals surface area contributed by atoms with E-state index in [9.17, 15) is 9.90 Å². The molecule has 5 heteroatoms. The molecule has 0 saturated carbocycles. The number of fused-ring (bicyclic) bond motifs is 1. The molecule has 1 heterocycles. The average Bonchev–Trinajstić information content (AvgIpc) is 2.90. The summed E-state index contributed by atoms with van der Waals surface area (Å²) in [5.41, 5.74) is 4.71. The van der Waals surface area contributed by atoms with Gasteiger partial charge in [0.2, 0.25) is 0 Å². The number of carbonyl (C=O) groups is 1. The van der Waals surface area contributed by atoms with Crippen molar-refractivity contribution in [1.29, 1.82) is 0 Å². The van der Waals surface area contributed by atoms with Crippen LogP contribution in [-0.2, 0) is 9.53 Å². The minimum Gasteiger partial charge on any atom is -0.491 e. The Hall–Kier alpha value is -2.79. The maximum absolute atomic E-state index is 11.8. The Bertz CT molecular complexity index is 949. The molecule has 0 fully saturated rings. The zero-order valence-corrected chi connectivity index (χ0v) is 20.9. The van der Waals surface area contributed by atoms with Gasteiger partial charge >= 0.3 is 5.97 Å².